The van der Waals surface area contributed by atoms with Gasteiger partial charge in [0.25, 0.3) is 0 Å². The summed E-state index contributed by atoms with van der Waals surface area (Å²) in [6, 6.07) is 0. The topological polar surface area (TPSA) is 20.3 Å². The first kappa shape index (κ1) is 16.7. The minimum absolute atomic E-state index is 0.194. The number of alkyl halides is 1. The van der Waals surface area contributed by atoms with Gasteiger partial charge < -0.3 is 4.90 Å². The van der Waals surface area contributed by atoms with E-state index in [2.05, 4.69) is 36.4 Å². The van der Waals surface area contributed by atoms with E-state index in [1.807, 2.05) is 11.8 Å². The first-order valence-corrected chi connectivity index (χ1v) is 7.56. The maximum atomic E-state index is 11.8. The highest BCUT2D eigenvalue weighted by molar-refractivity contribution is 9.09. The number of carbonyl (C=O) groups is 1. The molecule has 0 spiro atoms. The summed E-state index contributed by atoms with van der Waals surface area (Å²) in [5, 5.41) is 0. The fourth-order valence-corrected chi connectivity index (χ4v) is 2.16. The van der Waals surface area contributed by atoms with Gasteiger partial charge in [-0.3, -0.25) is 4.79 Å². The smallest absolute Gasteiger partial charge is 0.226 e. The van der Waals surface area contributed by atoms with Gasteiger partial charge in [0.05, 0.1) is 0 Å². The lowest BCUT2D eigenvalue weighted by atomic mass is 10.1. The quantitative estimate of drug-likeness (QED) is 0.454. The second-order valence-electron chi connectivity index (χ2n) is 4.51. The highest BCUT2D eigenvalue weighted by Crippen LogP contribution is 2.17. The van der Waals surface area contributed by atoms with Gasteiger partial charge in [-0.2, -0.15) is 0 Å². The third kappa shape index (κ3) is 7.58. The first-order chi connectivity index (χ1) is 8.02. The third-order valence-corrected chi connectivity index (χ3v) is 3.06. The summed E-state index contributed by atoms with van der Waals surface area (Å²) in [6.07, 6.45) is 6.13. The average Bonchev–Trinajstić information content (AvgIpc) is 2.27. The molecule has 0 N–H and O–H groups in total. The largest absolute Gasteiger partial charge is 0.317 e. The van der Waals surface area contributed by atoms with Gasteiger partial charge in [-0.1, -0.05) is 62.5 Å². The molecule has 0 saturated heterocycles. The lowest BCUT2D eigenvalue weighted by Gasteiger charge is -2.25. The van der Waals surface area contributed by atoms with E-state index in [0.717, 1.165) is 25.1 Å². The van der Waals surface area contributed by atoms with Crippen molar-refractivity contribution < 1.29 is 4.79 Å². The Balaban J connectivity index is 4.23. The summed E-state index contributed by atoms with van der Waals surface area (Å²) in [5.41, 5.74) is 0.942. The fourth-order valence-electron chi connectivity index (χ4n) is 1.78. The molecule has 1 unspecified atom stereocenters. The molecular weight excluding hydrogens is 278 g/mol. The average molecular weight is 304 g/mol. The Hall–Kier alpha value is -0.310. The van der Waals surface area contributed by atoms with Gasteiger partial charge in [-0.05, 0) is 12.8 Å². The van der Waals surface area contributed by atoms with Crippen LogP contribution in [0.2, 0.25) is 0 Å². The number of hydrogen-bond acceptors (Lipinski definition) is 1. The molecule has 3 heteroatoms. The molecule has 0 heterocycles. The minimum atomic E-state index is 0.194. The van der Waals surface area contributed by atoms with E-state index < -0.39 is 0 Å². The van der Waals surface area contributed by atoms with Crippen molar-refractivity contribution >= 4 is 21.8 Å². The van der Waals surface area contributed by atoms with Crippen molar-refractivity contribution in [3.63, 3.8) is 0 Å². The van der Waals surface area contributed by atoms with Crippen LogP contribution in [0.3, 0.4) is 0 Å². The molecule has 1 amide bonds. The van der Waals surface area contributed by atoms with E-state index in [0.29, 0.717) is 11.2 Å². The summed E-state index contributed by atoms with van der Waals surface area (Å²) in [6.45, 7) is 11.0. The van der Waals surface area contributed by atoms with Crippen molar-refractivity contribution in [2.75, 3.05) is 6.54 Å². The van der Waals surface area contributed by atoms with E-state index in [9.17, 15) is 4.79 Å². The Morgan fingerprint density at radius 1 is 1.29 bits per heavy atom. The Bertz CT molecular complexity index is 238. The molecule has 0 radical (unpaired) electrons. The van der Waals surface area contributed by atoms with Crippen LogP contribution in [-0.4, -0.2) is 22.2 Å². The van der Waals surface area contributed by atoms with Crippen LogP contribution in [0.1, 0.15) is 59.3 Å². The third-order valence-electron chi connectivity index (χ3n) is 2.74. The number of amides is 1. The van der Waals surface area contributed by atoms with Crippen LogP contribution in [-0.2, 0) is 4.79 Å². The molecule has 0 rings (SSSR count). The van der Waals surface area contributed by atoms with Crippen molar-refractivity contribution in [2.24, 2.45) is 0 Å². The van der Waals surface area contributed by atoms with Crippen molar-refractivity contribution in [1.29, 1.82) is 0 Å². The van der Waals surface area contributed by atoms with Crippen molar-refractivity contribution in [3.8, 4) is 0 Å². The molecule has 0 aliphatic heterocycles. The molecule has 0 aromatic carbocycles. The minimum Gasteiger partial charge on any atom is -0.317 e. The summed E-state index contributed by atoms with van der Waals surface area (Å²) in [4.78, 5) is 14.1. The second kappa shape index (κ2) is 9.69. The van der Waals surface area contributed by atoms with Crippen LogP contribution in [0.5, 0.6) is 0 Å². The number of nitrogens with zero attached hydrogens (tertiary/aromatic N) is 1. The van der Waals surface area contributed by atoms with Gasteiger partial charge in [0.1, 0.15) is 0 Å². The highest BCUT2D eigenvalue weighted by atomic mass is 79.9. The maximum Gasteiger partial charge on any atom is 0.226 e. The van der Waals surface area contributed by atoms with E-state index in [1.54, 1.807) is 0 Å². The van der Waals surface area contributed by atoms with E-state index >= 15 is 0 Å². The molecule has 0 fully saturated rings. The molecule has 0 saturated carbocycles. The fraction of sp³-hybridized carbons (Fsp3) is 0.786. The molecule has 0 aromatic heterocycles. The van der Waals surface area contributed by atoms with Crippen molar-refractivity contribution in [1.82, 2.24) is 4.90 Å². The lowest BCUT2D eigenvalue weighted by Crippen LogP contribution is -2.31. The van der Waals surface area contributed by atoms with Crippen molar-refractivity contribution in [3.05, 3.63) is 12.3 Å². The Morgan fingerprint density at radius 2 is 1.94 bits per heavy atom. The number of unbranched alkanes of at least 4 members (excludes halogenated alkanes) is 3. The van der Waals surface area contributed by atoms with Gasteiger partial charge in [-0.25, -0.2) is 0 Å². The van der Waals surface area contributed by atoms with Gasteiger partial charge in [0, 0.05) is 23.5 Å². The Kier molecular flexibility index (Phi) is 9.52. The number of carbonyl (C=O) groups excluding carboxylic acids is 1. The molecule has 1 atom stereocenters. The normalized spacial score (nSPS) is 12.2. The van der Waals surface area contributed by atoms with Crippen LogP contribution in [0, 0.1) is 0 Å². The Labute approximate surface area is 115 Å². The molecule has 2 nitrogen and oxygen atoms in total. The van der Waals surface area contributed by atoms with Crippen LogP contribution in [0.4, 0.5) is 0 Å². The molecule has 0 aliphatic carbocycles. The monoisotopic (exact) mass is 303 g/mol. The first-order valence-electron chi connectivity index (χ1n) is 6.65. The van der Waals surface area contributed by atoms with E-state index in [-0.39, 0.29) is 5.91 Å². The van der Waals surface area contributed by atoms with Gasteiger partial charge >= 0.3 is 0 Å². The lowest BCUT2D eigenvalue weighted by molar-refractivity contribution is -0.129. The van der Waals surface area contributed by atoms with Crippen LogP contribution >= 0.6 is 15.9 Å². The maximum absolute atomic E-state index is 11.8. The summed E-state index contributed by atoms with van der Waals surface area (Å²) >= 11 is 3.51. The molecule has 100 valence electrons. The zero-order chi connectivity index (χ0) is 13.3. The summed E-state index contributed by atoms with van der Waals surface area (Å²) in [7, 11) is 0. The number of rotatable bonds is 9. The highest BCUT2D eigenvalue weighted by Gasteiger charge is 2.15. The Morgan fingerprint density at radius 3 is 2.41 bits per heavy atom. The van der Waals surface area contributed by atoms with Gasteiger partial charge in [-0.15, -0.1) is 0 Å². The summed E-state index contributed by atoms with van der Waals surface area (Å²) in [5.74, 6) is 0.194. The molecule has 0 bridgehead atoms. The standard InChI is InChI=1S/C14H26BrNO/c1-5-7-8-9-10-16(14(17)6-2)13(4)11-12(3)15/h12H,4-11H2,1-3H3. The number of halogens is 1. The predicted octanol–water partition coefficient (Wildman–Crippen LogP) is 4.49. The zero-order valence-electron chi connectivity index (χ0n) is 11.5. The predicted molar refractivity (Wildman–Crippen MR) is 78.3 cm³/mol. The van der Waals surface area contributed by atoms with Crippen LogP contribution in [0.15, 0.2) is 12.3 Å². The molecular formula is C14H26BrNO. The van der Waals surface area contributed by atoms with E-state index in [1.165, 1.54) is 19.3 Å². The van der Waals surface area contributed by atoms with Crippen LogP contribution < -0.4 is 0 Å². The van der Waals surface area contributed by atoms with E-state index in [4.69, 9.17) is 0 Å². The summed E-state index contributed by atoms with van der Waals surface area (Å²) < 4.78 is 0. The van der Waals surface area contributed by atoms with Gasteiger partial charge in [0.15, 0.2) is 0 Å². The number of hydrogen-bond donors (Lipinski definition) is 0. The van der Waals surface area contributed by atoms with Crippen molar-refractivity contribution in [2.45, 2.75) is 64.1 Å². The molecule has 0 aliphatic rings. The number of allylic oxidation sites excluding steroid dienone is 1. The van der Waals surface area contributed by atoms with Crippen LogP contribution in [0.25, 0.3) is 0 Å². The molecule has 0 aromatic rings. The second-order valence-corrected chi connectivity index (χ2v) is 6.07. The zero-order valence-corrected chi connectivity index (χ0v) is 13.1. The molecule has 17 heavy (non-hydrogen) atoms. The van der Waals surface area contributed by atoms with Gasteiger partial charge in [0.2, 0.25) is 5.91 Å². The SMILES string of the molecule is C=C(CC(C)Br)N(CCCCCC)C(=O)CC.